The number of hydrogen-bond acceptors (Lipinski definition) is 4. The first-order valence-electron chi connectivity index (χ1n) is 9.41. The van der Waals surface area contributed by atoms with Gasteiger partial charge >= 0.3 is 0 Å². The first kappa shape index (κ1) is 19.8. The van der Waals surface area contributed by atoms with Gasteiger partial charge in [-0.05, 0) is 36.2 Å². The summed E-state index contributed by atoms with van der Waals surface area (Å²) in [5.74, 6) is 1.21. The second-order valence-electron chi connectivity index (χ2n) is 7.33. The van der Waals surface area contributed by atoms with Crippen molar-refractivity contribution in [2.24, 2.45) is 5.92 Å². The second-order valence-corrected chi connectivity index (χ2v) is 7.33. The Labute approximate surface area is 165 Å². The summed E-state index contributed by atoms with van der Waals surface area (Å²) >= 11 is 0. The number of carbonyl (C=O) groups is 2. The lowest BCUT2D eigenvalue weighted by Gasteiger charge is -2.37. The molecule has 28 heavy (non-hydrogen) atoms. The summed E-state index contributed by atoms with van der Waals surface area (Å²) in [6.07, 6.45) is 1.91. The fraction of sp³-hybridized carbons (Fsp3) is 0.429. The Morgan fingerprint density at radius 1 is 1.21 bits per heavy atom. The lowest BCUT2D eigenvalue weighted by Crippen LogP contribution is -2.53. The smallest absolute Gasteiger partial charge is 0.270 e. The molecule has 1 aliphatic rings. The Morgan fingerprint density at radius 3 is 2.64 bits per heavy atom. The number of nitrogens with zero attached hydrogens (tertiary/aromatic N) is 2. The van der Waals surface area contributed by atoms with Crippen LogP contribution in [-0.2, 0) is 6.54 Å². The molecule has 2 amide bonds. The van der Waals surface area contributed by atoms with Crippen LogP contribution in [0.25, 0.3) is 0 Å². The number of nitrogens with one attached hydrogen (secondary N) is 1. The number of benzene rings is 1. The van der Waals surface area contributed by atoms with Gasteiger partial charge in [0, 0.05) is 31.4 Å². The van der Waals surface area contributed by atoms with Gasteiger partial charge in [0.25, 0.3) is 11.8 Å². The van der Waals surface area contributed by atoms with Gasteiger partial charge in [0.2, 0.25) is 0 Å². The highest BCUT2D eigenvalue weighted by Crippen LogP contribution is 2.27. The molecule has 0 saturated carbocycles. The number of ether oxygens (including phenoxy) is 2. The van der Waals surface area contributed by atoms with Crippen LogP contribution in [0.3, 0.4) is 0 Å². The van der Waals surface area contributed by atoms with Crippen LogP contribution < -0.4 is 14.8 Å². The van der Waals surface area contributed by atoms with Crippen LogP contribution in [0.15, 0.2) is 36.5 Å². The van der Waals surface area contributed by atoms with Crippen LogP contribution in [0.4, 0.5) is 0 Å². The second kappa shape index (κ2) is 8.37. The van der Waals surface area contributed by atoms with E-state index >= 15 is 0 Å². The molecule has 0 saturated heterocycles. The molecule has 2 heterocycles. The number of hydrogen-bond donors (Lipinski definition) is 1. The molecule has 0 aliphatic carbocycles. The van der Waals surface area contributed by atoms with Gasteiger partial charge in [0.1, 0.15) is 5.69 Å². The summed E-state index contributed by atoms with van der Waals surface area (Å²) in [6, 6.07) is 8.67. The number of amides is 2. The Bertz CT molecular complexity index is 859. The van der Waals surface area contributed by atoms with E-state index in [9.17, 15) is 9.59 Å². The largest absolute Gasteiger partial charge is 0.493 e. The van der Waals surface area contributed by atoms with Crippen LogP contribution in [0.1, 0.15) is 34.7 Å². The van der Waals surface area contributed by atoms with Crippen LogP contribution in [0.2, 0.25) is 0 Å². The minimum Gasteiger partial charge on any atom is -0.493 e. The van der Waals surface area contributed by atoms with Gasteiger partial charge in [-0.3, -0.25) is 9.59 Å². The van der Waals surface area contributed by atoms with E-state index < -0.39 is 0 Å². The number of methoxy groups -OCH3 is 2. The van der Waals surface area contributed by atoms with Gasteiger partial charge < -0.3 is 24.3 Å². The van der Waals surface area contributed by atoms with Crippen molar-refractivity contribution in [2.45, 2.75) is 26.4 Å². The zero-order chi connectivity index (χ0) is 20.3. The van der Waals surface area contributed by atoms with Crippen molar-refractivity contribution >= 4 is 11.8 Å². The van der Waals surface area contributed by atoms with Crippen molar-refractivity contribution < 1.29 is 19.1 Å². The topological polar surface area (TPSA) is 72.8 Å². The molecule has 3 rings (SSSR count). The van der Waals surface area contributed by atoms with Crippen LogP contribution in [0.5, 0.6) is 11.5 Å². The molecule has 0 fully saturated rings. The normalized spacial score (nSPS) is 16.1. The van der Waals surface area contributed by atoms with Crippen molar-refractivity contribution in [3.8, 4) is 11.5 Å². The average Bonchev–Trinajstić information content (AvgIpc) is 3.16. The maximum Gasteiger partial charge on any atom is 0.270 e. The molecule has 1 atom stereocenters. The van der Waals surface area contributed by atoms with Gasteiger partial charge in [0.15, 0.2) is 11.5 Å². The van der Waals surface area contributed by atoms with Crippen molar-refractivity contribution in [1.82, 2.24) is 14.8 Å². The van der Waals surface area contributed by atoms with Crippen molar-refractivity contribution in [3.05, 3.63) is 47.8 Å². The summed E-state index contributed by atoms with van der Waals surface area (Å²) in [4.78, 5) is 27.4. The summed E-state index contributed by atoms with van der Waals surface area (Å²) in [5.41, 5.74) is 1.18. The maximum atomic E-state index is 12.9. The minimum atomic E-state index is -0.212. The van der Waals surface area contributed by atoms with E-state index in [0.29, 0.717) is 48.3 Å². The third kappa shape index (κ3) is 3.98. The average molecular weight is 385 g/mol. The predicted octanol–water partition coefficient (Wildman–Crippen LogP) is 2.42. The van der Waals surface area contributed by atoms with Crippen molar-refractivity contribution in [3.63, 3.8) is 0 Å². The van der Waals surface area contributed by atoms with Crippen molar-refractivity contribution in [1.29, 1.82) is 0 Å². The highest BCUT2D eigenvalue weighted by atomic mass is 16.5. The van der Waals surface area contributed by atoms with Crippen molar-refractivity contribution in [2.75, 3.05) is 27.3 Å². The van der Waals surface area contributed by atoms with Crippen LogP contribution in [0, 0.1) is 5.92 Å². The van der Waals surface area contributed by atoms with E-state index in [1.165, 1.54) is 7.11 Å². The maximum absolute atomic E-state index is 12.9. The molecular weight excluding hydrogens is 358 g/mol. The monoisotopic (exact) mass is 385 g/mol. The third-order valence-electron chi connectivity index (χ3n) is 4.86. The number of rotatable bonds is 7. The number of carbonyl (C=O) groups excluding carboxylic acids is 2. The number of fused-ring (bicyclic) bond motifs is 1. The van der Waals surface area contributed by atoms with E-state index in [-0.39, 0.29) is 17.9 Å². The number of aromatic nitrogens is 1. The fourth-order valence-electron chi connectivity index (χ4n) is 3.50. The van der Waals surface area contributed by atoms with Crippen LogP contribution >= 0.6 is 0 Å². The zero-order valence-electron chi connectivity index (χ0n) is 16.8. The Balaban J connectivity index is 1.73. The zero-order valence-corrected chi connectivity index (χ0v) is 16.8. The molecule has 1 aromatic carbocycles. The Kier molecular flexibility index (Phi) is 5.92. The summed E-state index contributed by atoms with van der Waals surface area (Å²) in [5, 5.41) is 2.96. The van der Waals surface area contributed by atoms with Gasteiger partial charge in [-0.2, -0.15) is 0 Å². The summed E-state index contributed by atoms with van der Waals surface area (Å²) in [6.45, 7) is 5.86. The quantitative estimate of drug-likeness (QED) is 0.794. The van der Waals surface area contributed by atoms with E-state index in [0.717, 1.165) is 0 Å². The lowest BCUT2D eigenvalue weighted by atomic mass is 10.1. The highest BCUT2D eigenvalue weighted by molar-refractivity contribution is 5.95. The molecular formula is C21H27N3O4. The SMILES string of the molecule is COc1ccc(C(=O)NCC2Cn3cccc3C(=O)N2CC(C)C)cc1OC. The highest BCUT2D eigenvalue weighted by Gasteiger charge is 2.32. The molecule has 2 aromatic rings. The van der Waals surface area contributed by atoms with E-state index in [2.05, 4.69) is 19.2 Å². The molecule has 0 spiro atoms. The van der Waals surface area contributed by atoms with Crippen LogP contribution in [-0.4, -0.2) is 54.6 Å². The third-order valence-corrected chi connectivity index (χ3v) is 4.86. The van der Waals surface area contributed by atoms with E-state index in [4.69, 9.17) is 9.47 Å². The Morgan fingerprint density at radius 2 is 1.96 bits per heavy atom. The lowest BCUT2D eigenvalue weighted by molar-refractivity contribution is 0.0554. The molecule has 1 aliphatic heterocycles. The molecule has 1 N–H and O–H groups in total. The summed E-state index contributed by atoms with van der Waals surface area (Å²) < 4.78 is 12.4. The van der Waals surface area contributed by atoms with Gasteiger partial charge in [-0.1, -0.05) is 13.8 Å². The molecule has 0 radical (unpaired) electrons. The molecule has 7 nitrogen and oxygen atoms in total. The molecule has 1 unspecified atom stereocenters. The standard InChI is InChI=1S/C21H27N3O4/c1-14(2)12-24-16(13-23-9-5-6-17(23)21(24)26)11-22-20(25)15-7-8-18(27-3)19(10-15)28-4/h5-10,14,16H,11-13H2,1-4H3,(H,22,25). The first-order valence-corrected chi connectivity index (χ1v) is 9.41. The molecule has 150 valence electrons. The molecule has 0 bridgehead atoms. The first-order chi connectivity index (χ1) is 13.4. The Hall–Kier alpha value is -2.96. The van der Waals surface area contributed by atoms with Gasteiger partial charge in [-0.15, -0.1) is 0 Å². The molecule has 1 aromatic heterocycles. The van der Waals surface area contributed by atoms with E-state index in [1.807, 2.05) is 27.8 Å². The summed E-state index contributed by atoms with van der Waals surface area (Å²) in [7, 11) is 3.09. The molecule has 7 heteroatoms. The van der Waals surface area contributed by atoms with E-state index in [1.54, 1.807) is 25.3 Å². The van der Waals surface area contributed by atoms with Gasteiger partial charge in [0.05, 0.1) is 20.3 Å². The minimum absolute atomic E-state index is 0.00955. The predicted molar refractivity (Wildman–Crippen MR) is 106 cm³/mol. The fourth-order valence-corrected chi connectivity index (χ4v) is 3.50. The van der Waals surface area contributed by atoms with Gasteiger partial charge in [-0.25, -0.2) is 0 Å².